The van der Waals surface area contributed by atoms with Crippen LogP contribution in [0.15, 0.2) is 53.6 Å². The first kappa shape index (κ1) is 18.2. The molecule has 0 radical (unpaired) electrons. The van der Waals surface area contributed by atoms with E-state index in [9.17, 15) is 4.79 Å². The molecule has 0 fully saturated rings. The lowest BCUT2D eigenvalue weighted by Crippen LogP contribution is -2.16. The Bertz CT molecular complexity index is 1030. The summed E-state index contributed by atoms with van der Waals surface area (Å²) < 4.78 is 7.57. The zero-order chi connectivity index (χ0) is 19.2. The Morgan fingerprint density at radius 3 is 2.78 bits per heavy atom. The lowest BCUT2D eigenvalue weighted by molar-refractivity contribution is -0.120. The van der Waals surface area contributed by atoms with Crippen molar-refractivity contribution >= 4 is 23.0 Å². The molecule has 2 aromatic carbocycles. The molecule has 1 amide bonds. The van der Waals surface area contributed by atoms with Crippen molar-refractivity contribution in [2.45, 2.75) is 19.9 Å². The summed E-state index contributed by atoms with van der Waals surface area (Å²) in [6.45, 7) is 2.75. The molecule has 0 saturated heterocycles. The highest BCUT2D eigenvalue weighted by Gasteiger charge is 2.14. The van der Waals surface area contributed by atoms with Crippen LogP contribution in [0.5, 0.6) is 5.75 Å². The van der Waals surface area contributed by atoms with Crippen LogP contribution in [0.4, 0.5) is 0 Å². The van der Waals surface area contributed by atoms with E-state index in [2.05, 4.69) is 27.2 Å². The molecule has 0 atom stereocenters. The van der Waals surface area contributed by atoms with E-state index in [1.807, 2.05) is 43.3 Å². The second kappa shape index (κ2) is 8.19. The molecule has 3 aromatic rings. The molecule has 3 rings (SSSR count). The molecule has 0 unspecified atom stereocenters. The lowest BCUT2D eigenvalue weighted by atomic mass is 10.1. The highest BCUT2D eigenvalue weighted by atomic mass is 16.5. The summed E-state index contributed by atoms with van der Waals surface area (Å²) in [6, 6.07) is 17.9. The van der Waals surface area contributed by atoms with E-state index < -0.39 is 5.91 Å². The van der Waals surface area contributed by atoms with Crippen molar-refractivity contribution in [1.82, 2.24) is 9.99 Å². The monoisotopic (exact) mass is 360 g/mol. The van der Waals surface area contributed by atoms with Gasteiger partial charge in [0.2, 0.25) is 0 Å². The van der Waals surface area contributed by atoms with Crippen molar-refractivity contribution < 1.29 is 9.53 Å². The van der Waals surface area contributed by atoms with Crippen molar-refractivity contribution in [1.29, 1.82) is 5.26 Å². The fourth-order valence-electron chi connectivity index (χ4n) is 3.03. The van der Waals surface area contributed by atoms with E-state index >= 15 is 0 Å². The topological polar surface area (TPSA) is 79.4 Å². The number of methoxy groups -OCH3 is 1. The largest absolute Gasteiger partial charge is 0.497 e. The van der Waals surface area contributed by atoms with E-state index in [1.165, 1.54) is 5.56 Å². The maximum absolute atomic E-state index is 11.5. The molecule has 0 bridgehead atoms. The van der Waals surface area contributed by atoms with Crippen LogP contribution in [0.3, 0.4) is 0 Å². The Kier molecular flexibility index (Phi) is 5.53. The number of benzene rings is 2. The number of carbonyl (C=O) groups is 1. The summed E-state index contributed by atoms with van der Waals surface area (Å²) >= 11 is 0. The number of nitriles is 1. The van der Waals surface area contributed by atoms with Gasteiger partial charge in [0.25, 0.3) is 5.91 Å². The van der Waals surface area contributed by atoms with Gasteiger partial charge in [0.1, 0.15) is 12.2 Å². The summed E-state index contributed by atoms with van der Waals surface area (Å²) in [6.07, 6.45) is 1.40. The number of rotatable bonds is 6. The summed E-state index contributed by atoms with van der Waals surface area (Å²) in [5.74, 6) is 0.319. The number of ether oxygens (including phenoxy) is 1. The molecule has 6 nitrogen and oxygen atoms in total. The Hall–Kier alpha value is -3.59. The number of nitrogens with one attached hydrogen (secondary N) is 1. The normalized spacial score (nSPS) is 10.9. The second-order valence-electron chi connectivity index (χ2n) is 6.08. The summed E-state index contributed by atoms with van der Waals surface area (Å²) in [5.41, 5.74) is 6.56. The molecule has 0 saturated carbocycles. The van der Waals surface area contributed by atoms with Crippen LogP contribution in [0.25, 0.3) is 10.9 Å². The van der Waals surface area contributed by atoms with Gasteiger partial charge >= 0.3 is 0 Å². The number of hydrazone groups is 1. The molecule has 1 aromatic heterocycles. The molecule has 1 N–H and O–H groups in total. The Morgan fingerprint density at radius 1 is 1.30 bits per heavy atom. The molecule has 0 aliphatic carbocycles. The highest BCUT2D eigenvalue weighted by molar-refractivity contribution is 6.02. The van der Waals surface area contributed by atoms with Crippen LogP contribution < -0.4 is 10.2 Å². The van der Waals surface area contributed by atoms with Gasteiger partial charge in [-0.2, -0.15) is 10.4 Å². The number of fused-ring (bicyclic) bond motifs is 1. The third kappa shape index (κ3) is 3.98. The quantitative estimate of drug-likeness (QED) is 0.541. The molecule has 0 aliphatic rings. The molecular weight excluding hydrogens is 340 g/mol. The Labute approximate surface area is 157 Å². The molecule has 1 heterocycles. The van der Waals surface area contributed by atoms with Gasteiger partial charge in [-0.05, 0) is 30.7 Å². The second-order valence-corrected chi connectivity index (χ2v) is 6.08. The van der Waals surface area contributed by atoms with Crippen molar-refractivity contribution in [2.75, 3.05) is 7.11 Å². The smallest absolute Gasteiger partial charge is 0.254 e. The van der Waals surface area contributed by atoms with Crippen molar-refractivity contribution in [3.05, 3.63) is 65.4 Å². The maximum atomic E-state index is 11.5. The first-order valence-electron chi connectivity index (χ1n) is 8.53. The fraction of sp³-hybridized carbons (Fsp3) is 0.190. The van der Waals surface area contributed by atoms with Crippen LogP contribution >= 0.6 is 0 Å². The minimum Gasteiger partial charge on any atom is -0.497 e. The molecule has 0 aliphatic heterocycles. The number of hydrogen-bond donors (Lipinski definition) is 1. The van der Waals surface area contributed by atoms with E-state index in [0.717, 1.165) is 34.5 Å². The predicted octanol–water partition coefficient (Wildman–Crippen LogP) is 3.37. The van der Waals surface area contributed by atoms with Crippen molar-refractivity contribution in [2.24, 2.45) is 5.10 Å². The highest BCUT2D eigenvalue weighted by Crippen LogP contribution is 2.29. The molecule has 6 heteroatoms. The molecule has 136 valence electrons. The van der Waals surface area contributed by atoms with Gasteiger partial charge in [-0.3, -0.25) is 4.79 Å². The minimum atomic E-state index is -0.433. The minimum absolute atomic E-state index is 0.222. The van der Waals surface area contributed by atoms with Gasteiger partial charge in [0, 0.05) is 28.7 Å². The Morgan fingerprint density at radius 2 is 2.07 bits per heavy atom. The average Bonchev–Trinajstić information content (AvgIpc) is 2.94. The predicted molar refractivity (Wildman–Crippen MR) is 105 cm³/mol. The SMILES string of the molecule is COc1ccc2c(c1)c(/C=N\NC(=O)CC#N)c(C)n2Cc1ccccc1. The number of amides is 1. The number of hydrogen-bond acceptors (Lipinski definition) is 4. The third-order valence-electron chi connectivity index (χ3n) is 4.39. The van der Waals surface area contributed by atoms with E-state index in [-0.39, 0.29) is 6.42 Å². The van der Waals surface area contributed by atoms with Gasteiger partial charge in [0.05, 0.1) is 19.4 Å². The number of nitrogens with zero attached hydrogens (tertiary/aromatic N) is 3. The third-order valence-corrected chi connectivity index (χ3v) is 4.39. The van der Waals surface area contributed by atoms with Gasteiger partial charge < -0.3 is 9.30 Å². The van der Waals surface area contributed by atoms with Crippen LogP contribution in [-0.2, 0) is 11.3 Å². The molecule has 27 heavy (non-hydrogen) atoms. The van der Waals surface area contributed by atoms with Crippen LogP contribution in [-0.4, -0.2) is 23.8 Å². The zero-order valence-electron chi connectivity index (χ0n) is 15.3. The number of aromatic nitrogens is 1. The summed E-state index contributed by atoms with van der Waals surface area (Å²) in [5, 5.41) is 13.6. The first-order valence-corrected chi connectivity index (χ1v) is 8.53. The van der Waals surface area contributed by atoms with Gasteiger partial charge in [-0.25, -0.2) is 5.43 Å². The molecule has 0 spiro atoms. The van der Waals surface area contributed by atoms with Crippen LogP contribution in [0.1, 0.15) is 23.2 Å². The maximum Gasteiger partial charge on any atom is 0.254 e. The van der Waals surface area contributed by atoms with Crippen LogP contribution in [0, 0.1) is 18.3 Å². The summed E-state index contributed by atoms with van der Waals surface area (Å²) in [4.78, 5) is 11.5. The van der Waals surface area contributed by atoms with E-state index in [0.29, 0.717) is 0 Å². The van der Waals surface area contributed by atoms with Gasteiger partial charge in [0.15, 0.2) is 0 Å². The zero-order valence-corrected chi connectivity index (χ0v) is 15.3. The van der Waals surface area contributed by atoms with Gasteiger partial charge in [-0.15, -0.1) is 0 Å². The number of carbonyl (C=O) groups excluding carboxylic acids is 1. The molecular formula is C21H20N4O2. The van der Waals surface area contributed by atoms with E-state index in [1.54, 1.807) is 19.4 Å². The lowest BCUT2D eigenvalue weighted by Gasteiger charge is -2.09. The van der Waals surface area contributed by atoms with Crippen molar-refractivity contribution in [3.8, 4) is 11.8 Å². The van der Waals surface area contributed by atoms with Crippen molar-refractivity contribution in [3.63, 3.8) is 0 Å². The summed E-state index contributed by atoms with van der Waals surface area (Å²) in [7, 11) is 1.63. The fourth-order valence-corrected chi connectivity index (χ4v) is 3.03. The standard InChI is InChI=1S/C21H20N4O2/c1-15-19(13-23-24-21(26)10-11-22)18-12-17(27-2)8-9-20(18)25(15)14-16-6-4-3-5-7-16/h3-9,12-13H,10,14H2,1-2H3,(H,24,26)/b23-13-. The van der Waals surface area contributed by atoms with Crippen LogP contribution in [0.2, 0.25) is 0 Å². The van der Waals surface area contributed by atoms with E-state index in [4.69, 9.17) is 10.00 Å². The average molecular weight is 360 g/mol. The van der Waals surface area contributed by atoms with Gasteiger partial charge in [-0.1, -0.05) is 30.3 Å². The first-order chi connectivity index (χ1) is 13.1. The Balaban J connectivity index is 2.03.